The van der Waals surface area contributed by atoms with Crippen molar-refractivity contribution in [3.8, 4) is 11.5 Å². The molecule has 1 fully saturated rings. The van der Waals surface area contributed by atoms with Crippen molar-refractivity contribution in [2.75, 3.05) is 26.1 Å². The first-order valence-electron chi connectivity index (χ1n) is 10.7. The highest BCUT2D eigenvalue weighted by Gasteiger charge is 2.33. The van der Waals surface area contributed by atoms with E-state index in [1.54, 1.807) is 38.5 Å². The molecule has 2 aromatic carbocycles. The van der Waals surface area contributed by atoms with Crippen LogP contribution in [0.3, 0.4) is 0 Å². The number of anilines is 1. The van der Waals surface area contributed by atoms with Gasteiger partial charge in [0.25, 0.3) is 5.91 Å². The Balaban J connectivity index is 1.44. The van der Waals surface area contributed by atoms with E-state index in [1.165, 1.54) is 0 Å². The second-order valence-electron chi connectivity index (χ2n) is 7.95. The molecule has 8 nitrogen and oxygen atoms in total. The molecule has 8 heteroatoms. The van der Waals surface area contributed by atoms with Gasteiger partial charge in [-0.05, 0) is 43.5 Å². The zero-order valence-corrected chi connectivity index (χ0v) is 18.2. The molecular weight excluding hydrogens is 410 g/mol. The van der Waals surface area contributed by atoms with Crippen molar-refractivity contribution >= 4 is 23.4 Å². The van der Waals surface area contributed by atoms with Gasteiger partial charge in [-0.3, -0.25) is 14.4 Å². The average molecular weight is 437 g/mol. The second kappa shape index (κ2) is 9.30. The van der Waals surface area contributed by atoms with Crippen LogP contribution in [0.1, 0.15) is 47.6 Å². The third-order valence-electron chi connectivity index (χ3n) is 6.07. The quantitative estimate of drug-likeness (QED) is 0.724. The highest BCUT2D eigenvalue weighted by molar-refractivity contribution is 6.09. The molecule has 2 heterocycles. The number of carbonyl (C=O) groups is 3. The van der Waals surface area contributed by atoms with Crippen molar-refractivity contribution in [3.63, 3.8) is 0 Å². The van der Waals surface area contributed by atoms with Crippen LogP contribution in [0.25, 0.3) is 0 Å². The number of hydrogen-bond donors (Lipinski definition) is 2. The molecule has 2 N–H and O–H groups in total. The van der Waals surface area contributed by atoms with Gasteiger partial charge in [-0.1, -0.05) is 12.1 Å². The highest BCUT2D eigenvalue weighted by Crippen LogP contribution is 2.39. The molecule has 0 aliphatic carbocycles. The summed E-state index contributed by atoms with van der Waals surface area (Å²) in [5.41, 5.74) is 1.84. The van der Waals surface area contributed by atoms with Gasteiger partial charge in [0.15, 0.2) is 0 Å². The minimum atomic E-state index is -0.768. The van der Waals surface area contributed by atoms with Gasteiger partial charge < -0.3 is 25.0 Å². The maximum atomic E-state index is 13.1. The summed E-state index contributed by atoms with van der Waals surface area (Å²) in [6.07, 6.45) is 2.11. The number of nitrogens with zero attached hydrogens (tertiary/aromatic N) is 1. The Morgan fingerprint density at radius 1 is 1.12 bits per heavy atom. The van der Waals surface area contributed by atoms with Crippen LogP contribution in [0.2, 0.25) is 0 Å². The van der Waals surface area contributed by atoms with E-state index in [2.05, 4.69) is 10.6 Å². The normalized spacial score (nSPS) is 20.1. The molecule has 2 aliphatic rings. The number of nitrogens with one attached hydrogen (secondary N) is 2. The van der Waals surface area contributed by atoms with E-state index in [0.717, 1.165) is 18.4 Å². The van der Waals surface area contributed by atoms with Gasteiger partial charge in [-0.25, -0.2) is 0 Å². The van der Waals surface area contributed by atoms with Crippen molar-refractivity contribution in [2.45, 2.75) is 37.8 Å². The third kappa shape index (κ3) is 4.26. The summed E-state index contributed by atoms with van der Waals surface area (Å²) in [5, 5.41) is 5.53. The smallest absolute Gasteiger partial charge is 0.254 e. The van der Waals surface area contributed by atoms with E-state index < -0.39 is 6.04 Å². The van der Waals surface area contributed by atoms with Crippen LogP contribution >= 0.6 is 0 Å². The lowest BCUT2D eigenvalue weighted by molar-refractivity contribution is -0.132. The van der Waals surface area contributed by atoms with Crippen molar-refractivity contribution in [1.29, 1.82) is 0 Å². The number of carbonyl (C=O) groups excluding carboxylic acids is 3. The number of rotatable bonds is 6. The number of likely N-dealkylation sites (tertiary alicyclic amines) is 1. The first-order chi connectivity index (χ1) is 15.5. The van der Waals surface area contributed by atoms with E-state index in [9.17, 15) is 14.4 Å². The van der Waals surface area contributed by atoms with Crippen LogP contribution < -0.4 is 20.1 Å². The summed E-state index contributed by atoms with van der Waals surface area (Å²) in [6, 6.07) is 11.6. The molecule has 2 aromatic rings. The van der Waals surface area contributed by atoms with E-state index in [-0.39, 0.29) is 36.6 Å². The maximum absolute atomic E-state index is 13.1. The lowest BCUT2D eigenvalue weighted by Gasteiger charge is -2.27. The topological polar surface area (TPSA) is 97.0 Å². The molecule has 2 aliphatic heterocycles. The van der Waals surface area contributed by atoms with Gasteiger partial charge in [0.1, 0.15) is 17.5 Å². The van der Waals surface area contributed by atoms with Crippen LogP contribution in [0.5, 0.6) is 11.5 Å². The summed E-state index contributed by atoms with van der Waals surface area (Å²) in [7, 11) is 3.20. The maximum Gasteiger partial charge on any atom is 0.254 e. The van der Waals surface area contributed by atoms with Crippen molar-refractivity contribution in [2.24, 2.45) is 0 Å². The Morgan fingerprint density at radius 2 is 1.94 bits per heavy atom. The monoisotopic (exact) mass is 437 g/mol. The summed E-state index contributed by atoms with van der Waals surface area (Å²) in [6.45, 7) is 0.646. The molecule has 168 valence electrons. The first-order valence-corrected chi connectivity index (χ1v) is 10.7. The van der Waals surface area contributed by atoms with Gasteiger partial charge in [-0.15, -0.1) is 0 Å². The number of amides is 3. The zero-order chi connectivity index (χ0) is 22.7. The molecule has 32 heavy (non-hydrogen) atoms. The Labute approximate surface area is 186 Å². The van der Waals surface area contributed by atoms with Gasteiger partial charge in [0.2, 0.25) is 11.8 Å². The fourth-order valence-electron chi connectivity index (χ4n) is 4.41. The molecule has 0 spiro atoms. The van der Waals surface area contributed by atoms with Gasteiger partial charge in [0, 0.05) is 24.6 Å². The lowest BCUT2D eigenvalue weighted by atomic mass is 10.0. The minimum Gasteiger partial charge on any atom is -0.497 e. The van der Waals surface area contributed by atoms with Gasteiger partial charge in [0.05, 0.1) is 31.5 Å². The van der Waals surface area contributed by atoms with Crippen LogP contribution in [0.4, 0.5) is 5.69 Å². The molecule has 0 bridgehead atoms. The van der Waals surface area contributed by atoms with Gasteiger partial charge >= 0.3 is 0 Å². The number of methoxy groups -OCH3 is 2. The first kappa shape index (κ1) is 21.7. The van der Waals surface area contributed by atoms with Crippen molar-refractivity contribution < 1.29 is 23.9 Å². The predicted molar refractivity (Wildman–Crippen MR) is 119 cm³/mol. The van der Waals surface area contributed by atoms with E-state index in [0.29, 0.717) is 29.3 Å². The van der Waals surface area contributed by atoms with Crippen molar-refractivity contribution in [1.82, 2.24) is 10.2 Å². The minimum absolute atomic E-state index is 0.0471. The number of benzene rings is 2. The number of ether oxygens (including phenoxy) is 2. The summed E-state index contributed by atoms with van der Waals surface area (Å²) in [5.74, 6) is 0.693. The molecule has 0 unspecified atom stereocenters. The molecule has 3 amide bonds. The standard InChI is InChI=1S/C24H27N3O5/c1-31-15-9-10-17(21(14-15)32-2)20-8-5-13-27(20)22(28)12-11-19-24(30)25-18-7-4-3-6-16(18)23(29)26-19/h3-4,6-7,9-10,14,19-20H,5,8,11-13H2,1-2H3,(H,25,30)(H,26,29)/t19-,20+/m0/s1. The SMILES string of the molecule is COc1ccc([C@H]2CCCN2C(=O)CC[C@@H]2NC(=O)c3ccccc3NC2=O)c(OC)c1. The Bertz CT molecular complexity index is 1040. The molecule has 2 atom stereocenters. The Hall–Kier alpha value is -3.55. The molecule has 1 saturated heterocycles. The van der Waals surface area contributed by atoms with E-state index in [4.69, 9.17) is 9.47 Å². The van der Waals surface area contributed by atoms with Crippen molar-refractivity contribution in [3.05, 3.63) is 53.6 Å². The summed E-state index contributed by atoms with van der Waals surface area (Å²) >= 11 is 0. The van der Waals surface area contributed by atoms with Crippen LogP contribution in [0.15, 0.2) is 42.5 Å². The van der Waals surface area contributed by atoms with E-state index >= 15 is 0 Å². The van der Waals surface area contributed by atoms with Gasteiger partial charge in [-0.2, -0.15) is 0 Å². The Morgan fingerprint density at radius 3 is 2.72 bits per heavy atom. The number of fused-ring (bicyclic) bond motifs is 1. The fraction of sp³-hybridized carbons (Fsp3) is 0.375. The molecule has 4 rings (SSSR count). The van der Waals surface area contributed by atoms with Crippen LogP contribution in [-0.4, -0.2) is 49.4 Å². The third-order valence-corrected chi connectivity index (χ3v) is 6.07. The molecule has 0 saturated carbocycles. The Kier molecular flexibility index (Phi) is 6.30. The summed E-state index contributed by atoms with van der Waals surface area (Å²) < 4.78 is 10.8. The largest absolute Gasteiger partial charge is 0.497 e. The number of hydrogen-bond acceptors (Lipinski definition) is 5. The average Bonchev–Trinajstić information content (AvgIpc) is 3.26. The van der Waals surface area contributed by atoms with Crippen LogP contribution in [0, 0.1) is 0 Å². The van der Waals surface area contributed by atoms with E-state index in [1.807, 2.05) is 23.1 Å². The molecular formula is C24H27N3O5. The molecule has 0 aromatic heterocycles. The lowest BCUT2D eigenvalue weighted by Crippen LogP contribution is -2.42. The molecule has 0 radical (unpaired) electrons. The fourth-order valence-corrected chi connectivity index (χ4v) is 4.41. The number of para-hydroxylation sites is 1. The second-order valence-corrected chi connectivity index (χ2v) is 7.95. The highest BCUT2D eigenvalue weighted by atomic mass is 16.5. The predicted octanol–water partition coefficient (Wildman–Crippen LogP) is 2.90. The zero-order valence-electron chi connectivity index (χ0n) is 18.2. The van der Waals surface area contributed by atoms with Crippen LogP contribution in [-0.2, 0) is 9.59 Å². The summed E-state index contributed by atoms with van der Waals surface area (Å²) in [4.78, 5) is 40.1.